The first-order valence-electron chi connectivity index (χ1n) is 6.12. The predicted octanol–water partition coefficient (Wildman–Crippen LogP) is 1.82. The summed E-state index contributed by atoms with van der Waals surface area (Å²) in [6.45, 7) is 3.03. The maximum Gasteiger partial charge on any atom is 0.224 e. The number of benzene rings is 1. The van der Waals surface area contributed by atoms with Crippen molar-refractivity contribution in [3.8, 4) is 0 Å². The van der Waals surface area contributed by atoms with Crippen LogP contribution in [0, 0.1) is 6.92 Å². The van der Waals surface area contributed by atoms with Crippen LogP contribution in [0.2, 0.25) is 5.02 Å². The standard InChI is InChI=1S/C14H16ClN3O/c1-10-3-4-11(12(15)7-10)8-14(19)18-9-13-16-5-2-6-17-13/h2-5,7H,6,8-9H2,1H3,(H,16,17)(H,18,19). The van der Waals surface area contributed by atoms with Crippen molar-refractivity contribution < 1.29 is 4.79 Å². The monoisotopic (exact) mass is 277 g/mol. The summed E-state index contributed by atoms with van der Waals surface area (Å²) in [7, 11) is 0. The molecule has 100 valence electrons. The summed E-state index contributed by atoms with van der Waals surface area (Å²) in [5.41, 5.74) is 1.92. The number of aryl methyl sites for hydroxylation is 1. The van der Waals surface area contributed by atoms with Crippen molar-refractivity contribution in [2.45, 2.75) is 13.3 Å². The van der Waals surface area contributed by atoms with Gasteiger partial charge in [-0.2, -0.15) is 0 Å². The molecule has 5 heteroatoms. The normalized spacial score (nSPS) is 13.7. The number of carbonyl (C=O) groups excluding carboxylic acids is 1. The second-order valence-electron chi connectivity index (χ2n) is 4.38. The number of hydrogen-bond donors (Lipinski definition) is 2. The van der Waals surface area contributed by atoms with Crippen molar-refractivity contribution in [2.75, 3.05) is 13.1 Å². The van der Waals surface area contributed by atoms with Crippen LogP contribution in [-0.2, 0) is 11.2 Å². The molecular formula is C14H16ClN3O. The fourth-order valence-corrected chi connectivity index (χ4v) is 2.04. The van der Waals surface area contributed by atoms with Crippen molar-refractivity contribution in [3.05, 3.63) is 46.6 Å². The van der Waals surface area contributed by atoms with Crippen LogP contribution in [-0.4, -0.2) is 24.8 Å². The Morgan fingerprint density at radius 2 is 2.37 bits per heavy atom. The van der Waals surface area contributed by atoms with Crippen LogP contribution in [0.4, 0.5) is 0 Å². The fourth-order valence-electron chi connectivity index (χ4n) is 1.74. The molecule has 0 saturated heterocycles. The summed E-state index contributed by atoms with van der Waals surface area (Å²) in [5, 5.41) is 6.43. The molecule has 1 aliphatic heterocycles. The van der Waals surface area contributed by atoms with E-state index in [9.17, 15) is 4.79 Å². The Hall–Kier alpha value is -1.81. The second kappa shape index (κ2) is 6.38. The molecule has 0 saturated carbocycles. The van der Waals surface area contributed by atoms with Gasteiger partial charge < -0.3 is 10.6 Å². The van der Waals surface area contributed by atoms with Gasteiger partial charge in [0.1, 0.15) is 5.84 Å². The first-order chi connectivity index (χ1) is 9.15. The van der Waals surface area contributed by atoms with Crippen LogP contribution in [0.3, 0.4) is 0 Å². The summed E-state index contributed by atoms with van der Waals surface area (Å²) in [6, 6.07) is 5.70. The molecule has 0 atom stereocenters. The molecule has 1 heterocycles. The molecule has 0 spiro atoms. The number of nitrogens with zero attached hydrogens (tertiary/aromatic N) is 1. The smallest absolute Gasteiger partial charge is 0.224 e. The molecule has 1 aromatic carbocycles. The molecule has 4 nitrogen and oxygen atoms in total. The highest BCUT2D eigenvalue weighted by atomic mass is 35.5. The van der Waals surface area contributed by atoms with Crippen molar-refractivity contribution >= 4 is 23.3 Å². The number of amides is 1. The van der Waals surface area contributed by atoms with E-state index in [2.05, 4.69) is 15.6 Å². The zero-order valence-electron chi connectivity index (χ0n) is 10.7. The van der Waals surface area contributed by atoms with Gasteiger partial charge in [0.05, 0.1) is 19.5 Å². The number of halogens is 1. The summed E-state index contributed by atoms with van der Waals surface area (Å²) in [6.07, 6.45) is 4.02. The van der Waals surface area contributed by atoms with Gasteiger partial charge in [0.25, 0.3) is 0 Å². The van der Waals surface area contributed by atoms with E-state index in [0.717, 1.165) is 17.0 Å². The van der Waals surface area contributed by atoms with Crippen LogP contribution in [0.15, 0.2) is 35.5 Å². The van der Waals surface area contributed by atoms with E-state index < -0.39 is 0 Å². The second-order valence-corrected chi connectivity index (χ2v) is 4.79. The SMILES string of the molecule is Cc1ccc(CC(=O)NCC2=NCC=CN2)c(Cl)c1. The highest BCUT2D eigenvalue weighted by Gasteiger charge is 2.08. The Kier molecular flexibility index (Phi) is 4.58. The number of carbonyl (C=O) groups is 1. The fraction of sp³-hybridized carbons (Fsp3) is 0.286. The molecule has 2 N–H and O–H groups in total. The van der Waals surface area contributed by atoms with E-state index in [1.54, 1.807) is 0 Å². The molecule has 2 rings (SSSR count). The molecular weight excluding hydrogens is 262 g/mol. The van der Waals surface area contributed by atoms with Gasteiger partial charge in [-0.15, -0.1) is 0 Å². The highest BCUT2D eigenvalue weighted by molar-refractivity contribution is 6.31. The lowest BCUT2D eigenvalue weighted by Gasteiger charge is -2.11. The van der Waals surface area contributed by atoms with Crippen LogP contribution in [0.25, 0.3) is 0 Å². The first-order valence-corrected chi connectivity index (χ1v) is 6.49. The quantitative estimate of drug-likeness (QED) is 0.882. The van der Waals surface area contributed by atoms with Crippen LogP contribution < -0.4 is 10.6 Å². The van der Waals surface area contributed by atoms with E-state index >= 15 is 0 Å². The van der Waals surface area contributed by atoms with Crippen molar-refractivity contribution in [3.63, 3.8) is 0 Å². The lowest BCUT2D eigenvalue weighted by atomic mass is 10.1. The van der Waals surface area contributed by atoms with Gasteiger partial charge >= 0.3 is 0 Å². The Labute approximate surface area is 117 Å². The molecule has 19 heavy (non-hydrogen) atoms. The minimum Gasteiger partial charge on any atom is -0.349 e. The van der Waals surface area contributed by atoms with E-state index in [-0.39, 0.29) is 12.3 Å². The zero-order chi connectivity index (χ0) is 13.7. The molecule has 0 unspecified atom stereocenters. The molecule has 0 aromatic heterocycles. The van der Waals surface area contributed by atoms with Crippen molar-refractivity contribution in [2.24, 2.45) is 4.99 Å². The Balaban J connectivity index is 1.85. The third-order valence-corrected chi connectivity index (χ3v) is 3.12. The maximum absolute atomic E-state index is 11.8. The number of aliphatic imine (C=N–C) groups is 1. The molecule has 0 radical (unpaired) electrons. The van der Waals surface area contributed by atoms with Gasteiger partial charge in [0, 0.05) is 11.2 Å². The molecule has 0 fully saturated rings. The van der Waals surface area contributed by atoms with Crippen molar-refractivity contribution in [1.29, 1.82) is 0 Å². The van der Waals surface area contributed by atoms with Gasteiger partial charge in [-0.25, -0.2) is 0 Å². The first kappa shape index (κ1) is 13.6. The topological polar surface area (TPSA) is 53.5 Å². The van der Waals surface area contributed by atoms with E-state index in [4.69, 9.17) is 11.6 Å². The summed E-state index contributed by atoms with van der Waals surface area (Å²) in [5.74, 6) is 0.704. The van der Waals surface area contributed by atoms with E-state index in [0.29, 0.717) is 18.1 Å². The number of rotatable bonds is 4. The van der Waals surface area contributed by atoms with Gasteiger partial charge in [-0.05, 0) is 30.2 Å². The molecule has 1 aliphatic rings. The summed E-state index contributed by atoms with van der Waals surface area (Å²) < 4.78 is 0. The number of amidine groups is 1. The van der Waals surface area contributed by atoms with Crippen LogP contribution in [0.1, 0.15) is 11.1 Å². The Morgan fingerprint density at radius 1 is 1.53 bits per heavy atom. The maximum atomic E-state index is 11.8. The molecule has 1 aromatic rings. The molecule has 0 bridgehead atoms. The lowest BCUT2D eigenvalue weighted by Crippen LogP contribution is -2.36. The number of nitrogens with one attached hydrogen (secondary N) is 2. The number of hydrogen-bond acceptors (Lipinski definition) is 3. The highest BCUT2D eigenvalue weighted by Crippen LogP contribution is 2.17. The average Bonchev–Trinajstić information content (AvgIpc) is 2.41. The van der Waals surface area contributed by atoms with Crippen LogP contribution in [0.5, 0.6) is 0 Å². The minimum absolute atomic E-state index is 0.0650. The lowest BCUT2D eigenvalue weighted by molar-refractivity contribution is -0.120. The largest absolute Gasteiger partial charge is 0.349 e. The molecule has 0 aliphatic carbocycles. The van der Waals surface area contributed by atoms with E-state index in [1.807, 2.05) is 37.4 Å². The third kappa shape index (κ3) is 4.10. The van der Waals surface area contributed by atoms with Crippen molar-refractivity contribution in [1.82, 2.24) is 10.6 Å². The van der Waals surface area contributed by atoms with Crippen LogP contribution >= 0.6 is 11.6 Å². The average molecular weight is 278 g/mol. The van der Waals surface area contributed by atoms with Gasteiger partial charge in [0.2, 0.25) is 5.91 Å². The minimum atomic E-state index is -0.0650. The zero-order valence-corrected chi connectivity index (χ0v) is 11.5. The third-order valence-electron chi connectivity index (χ3n) is 2.77. The predicted molar refractivity (Wildman–Crippen MR) is 77.5 cm³/mol. The van der Waals surface area contributed by atoms with E-state index in [1.165, 1.54) is 0 Å². The molecule has 1 amide bonds. The van der Waals surface area contributed by atoms with Gasteiger partial charge in [-0.3, -0.25) is 9.79 Å². The Morgan fingerprint density at radius 3 is 3.05 bits per heavy atom. The van der Waals surface area contributed by atoms with Gasteiger partial charge in [0.15, 0.2) is 0 Å². The van der Waals surface area contributed by atoms with Gasteiger partial charge in [-0.1, -0.05) is 23.7 Å². The Bertz CT molecular complexity index is 537. The summed E-state index contributed by atoms with van der Waals surface area (Å²) in [4.78, 5) is 16.0. The summed E-state index contributed by atoms with van der Waals surface area (Å²) >= 11 is 6.10.